The topological polar surface area (TPSA) is 71.5 Å². The van der Waals surface area contributed by atoms with Crippen molar-refractivity contribution in [1.29, 1.82) is 0 Å². The molecule has 0 fully saturated rings. The van der Waals surface area contributed by atoms with Gasteiger partial charge in [0.1, 0.15) is 5.75 Å². The number of amides is 1. The molecule has 5 heteroatoms. The van der Waals surface area contributed by atoms with Crippen molar-refractivity contribution >= 4 is 5.91 Å². The van der Waals surface area contributed by atoms with E-state index in [9.17, 15) is 4.79 Å². The van der Waals surface area contributed by atoms with Crippen molar-refractivity contribution in [3.63, 3.8) is 0 Å². The second-order valence-corrected chi connectivity index (χ2v) is 4.88. The minimum absolute atomic E-state index is 0.106. The summed E-state index contributed by atoms with van der Waals surface area (Å²) >= 11 is 0. The Balaban J connectivity index is 2.40. The van der Waals surface area contributed by atoms with Crippen LogP contribution in [-0.4, -0.2) is 28.6 Å². The van der Waals surface area contributed by atoms with E-state index in [0.29, 0.717) is 23.9 Å². The number of pyridine rings is 1. The van der Waals surface area contributed by atoms with Gasteiger partial charge in [0.15, 0.2) is 6.10 Å². The Morgan fingerprint density at radius 3 is 2.68 bits per heavy atom. The molecule has 2 N–H and O–H groups in total. The quantitative estimate of drug-likeness (QED) is 0.784. The molecular weight excluding hydrogens is 244 g/mol. The zero-order valence-corrected chi connectivity index (χ0v) is 11.7. The van der Waals surface area contributed by atoms with Gasteiger partial charge >= 0.3 is 0 Å². The Hall–Kier alpha value is -1.62. The molecule has 1 aromatic rings. The summed E-state index contributed by atoms with van der Waals surface area (Å²) in [5.41, 5.74) is 0.571. The molecule has 0 saturated heterocycles. The summed E-state index contributed by atoms with van der Waals surface area (Å²) in [4.78, 5) is 15.7. The maximum atomic E-state index is 11.8. The number of nitrogens with one attached hydrogen (secondary N) is 1. The highest BCUT2D eigenvalue weighted by Gasteiger charge is 2.14. The maximum Gasteiger partial charge on any atom is 0.260 e. The van der Waals surface area contributed by atoms with Crippen molar-refractivity contribution in [3.05, 3.63) is 24.0 Å². The van der Waals surface area contributed by atoms with Crippen LogP contribution >= 0.6 is 0 Å². The third kappa shape index (κ3) is 5.70. The van der Waals surface area contributed by atoms with Gasteiger partial charge in [-0.05, 0) is 31.4 Å². The Morgan fingerprint density at radius 2 is 2.16 bits per heavy atom. The van der Waals surface area contributed by atoms with Crippen LogP contribution in [0.1, 0.15) is 32.9 Å². The van der Waals surface area contributed by atoms with Crippen LogP contribution in [-0.2, 0) is 11.4 Å². The second kappa shape index (κ2) is 7.74. The van der Waals surface area contributed by atoms with Crippen molar-refractivity contribution in [1.82, 2.24) is 10.3 Å². The van der Waals surface area contributed by atoms with Gasteiger partial charge in [0.2, 0.25) is 0 Å². The molecule has 0 spiro atoms. The van der Waals surface area contributed by atoms with E-state index in [1.807, 2.05) is 0 Å². The van der Waals surface area contributed by atoms with Gasteiger partial charge in [-0.15, -0.1) is 0 Å². The van der Waals surface area contributed by atoms with Gasteiger partial charge < -0.3 is 15.2 Å². The summed E-state index contributed by atoms with van der Waals surface area (Å²) < 4.78 is 5.48. The molecule has 0 saturated carbocycles. The molecule has 5 nitrogen and oxygen atoms in total. The second-order valence-electron chi connectivity index (χ2n) is 4.88. The molecule has 1 aromatic heterocycles. The van der Waals surface area contributed by atoms with Gasteiger partial charge in [0.05, 0.1) is 18.5 Å². The number of carbonyl (C=O) groups excluding carboxylic acids is 1. The molecule has 1 atom stereocenters. The molecule has 1 heterocycles. The fraction of sp³-hybridized carbons (Fsp3) is 0.571. The zero-order chi connectivity index (χ0) is 14.3. The predicted octanol–water partition coefficient (Wildman–Crippen LogP) is 1.50. The number of hydrogen-bond acceptors (Lipinski definition) is 4. The summed E-state index contributed by atoms with van der Waals surface area (Å²) in [6, 6.07) is 3.36. The van der Waals surface area contributed by atoms with E-state index in [0.717, 1.165) is 6.42 Å². The summed E-state index contributed by atoms with van der Waals surface area (Å²) in [6.45, 7) is 6.48. The third-order valence-electron chi connectivity index (χ3n) is 2.66. The number of aliphatic hydroxyl groups excluding tert-OH is 1. The Bertz CT molecular complexity index is 390. The molecule has 0 aliphatic carbocycles. The minimum atomic E-state index is -0.561. The smallest absolute Gasteiger partial charge is 0.260 e. The summed E-state index contributed by atoms with van der Waals surface area (Å²) in [7, 11) is 0. The largest absolute Gasteiger partial charge is 0.479 e. The lowest BCUT2D eigenvalue weighted by atomic mass is 10.1. The van der Waals surface area contributed by atoms with Crippen molar-refractivity contribution < 1.29 is 14.6 Å². The minimum Gasteiger partial charge on any atom is -0.479 e. The SMILES string of the molecule is CC(C)CCNC(=O)C(C)Oc1ccc(CO)nc1. The Labute approximate surface area is 114 Å². The van der Waals surface area contributed by atoms with Crippen molar-refractivity contribution in [2.45, 2.75) is 39.9 Å². The number of rotatable bonds is 7. The van der Waals surface area contributed by atoms with Gasteiger partial charge in [-0.1, -0.05) is 13.8 Å². The van der Waals surface area contributed by atoms with Crippen molar-refractivity contribution in [2.75, 3.05) is 6.54 Å². The highest BCUT2D eigenvalue weighted by molar-refractivity contribution is 5.80. The fourth-order valence-corrected chi connectivity index (χ4v) is 1.46. The predicted molar refractivity (Wildman–Crippen MR) is 72.7 cm³/mol. The first-order chi connectivity index (χ1) is 9.02. The lowest BCUT2D eigenvalue weighted by Crippen LogP contribution is -2.37. The number of hydrogen-bond donors (Lipinski definition) is 2. The highest BCUT2D eigenvalue weighted by Crippen LogP contribution is 2.11. The van der Waals surface area contributed by atoms with E-state index in [1.165, 1.54) is 6.20 Å². The molecule has 1 amide bonds. The Kier molecular flexibility index (Phi) is 6.29. The van der Waals surface area contributed by atoms with Crippen LogP contribution < -0.4 is 10.1 Å². The molecule has 1 rings (SSSR count). The Morgan fingerprint density at radius 1 is 1.42 bits per heavy atom. The number of nitrogens with zero attached hydrogens (tertiary/aromatic N) is 1. The third-order valence-corrected chi connectivity index (χ3v) is 2.66. The number of aromatic nitrogens is 1. The summed E-state index contributed by atoms with van der Waals surface area (Å²) in [6.07, 6.45) is 1.89. The van der Waals surface area contributed by atoms with Crippen LogP contribution in [0.25, 0.3) is 0 Å². The maximum absolute atomic E-state index is 11.8. The average molecular weight is 266 g/mol. The first-order valence-electron chi connectivity index (χ1n) is 6.53. The summed E-state index contributed by atoms with van der Waals surface area (Å²) in [5.74, 6) is 0.947. The van der Waals surface area contributed by atoms with E-state index in [1.54, 1.807) is 19.1 Å². The standard InChI is InChI=1S/C14H22N2O3/c1-10(2)6-7-15-14(18)11(3)19-13-5-4-12(9-17)16-8-13/h4-5,8,10-11,17H,6-7,9H2,1-3H3,(H,15,18). The number of aliphatic hydroxyl groups is 1. The van der Waals surface area contributed by atoms with Crippen LogP contribution in [0.5, 0.6) is 5.75 Å². The molecule has 1 unspecified atom stereocenters. The first kappa shape index (κ1) is 15.4. The van der Waals surface area contributed by atoms with E-state index >= 15 is 0 Å². The van der Waals surface area contributed by atoms with Gasteiger partial charge in [-0.2, -0.15) is 0 Å². The normalized spacial score (nSPS) is 12.3. The molecule has 0 aliphatic heterocycles. The summed E-state index contributed by atoms with van der Waals surface area (Å²) in [5, 5.41) is 11.7. The van der Waals surface area contributed by atoms with Gasteiger partial charge in [-0.3, -0.25) is 9.78 Å². The molecule has 106 valence electrons. The van der Waals surface area contributed by atoms with Crippen LogP contribution in [0.4, 0.5) is 0 Å². The van der Waals surface area contributed by atoms with Crippen LogP contribution in [0, 0.1) is 5.92 Å². The fourth-order valence-electron chi connectivity index (χ4n) is 1.46. The van der Waals surface area contributed by atoms with Crippen molar-refractivity contribution in [2.24, 2.45) is 5.92 Å². The molecule has 0 radical (unpaired) electrons. The number of carbonyl (C=O) groups is 1. The van der Waals surface area contributed by atoms with Gasteiger partial charge in [0.25, 0.3) is 5.91 Å². The molecule has 0 aromatic carbocycles. The number of ether oxygens (including phenoxy) is 1. The van der Waals surface area contributed by atoms with E-state index < -0.39 is 6.10 Å². The van der Waals surface area contributed by atoms with Crippen LogP contribution in [0.3, 0.4) is 0 Å². The van der Waals surface area contributed by atoms with E-state index in [4.69, 9.17) is 9.84 Å². The van der Waals surface area contributed by atoms with E-state index in [2.05, 4.69) is 24.1 Å². The lowest BCUT2D eigenvalue weighted by Gasteiger charge is -2.15. The average Bonchev–Trinajstić information content (AvgIpc) is 2.39. The van der Waals surface area contributed by atoms with E-state index in [-0.39, 0.29) is 12.5 Å². The molecule has 19 heavy (non-hydrogen) atoms. The zero-order valence-electron chi connectivity index (χ0n) is 11.7. The first-order valence-corrected chi connectivity index (χ1v) is 6.53. The molecular formula is C14H22N2O3. The van der Waals surface area contributed by atoms with Crippen LogP contribution in [0.2, 0.25) is 0 Å². The monoisotopic (exact) mass is 266 g/mol. The van der Waals surface area contributed by atoms with Gasteiger partial charge in [-0.25, -0.2) is 0 Å². The molecule has 0 aliphatic rings. The highest BCUT2D eigenvalue weighted by atomic mass is 16.5. The lowest BCUT2D eigenvalue weighted by molar-refractivity contribution is -0.127. The molecule has 0 bridgehead atoms. The van der Waals surface area contributed by atoms with Crippen LogP contribution in [0.15, 0.2) is 18.3 Å². The van der Waals surface area contributed by atoms with Gasteiger partial charge in [0, 0.05) is 6.54 Å². The van der Waals surface area contributed by atoms with Crippen molar-refractivity contribution in [3.8, 4) is 5.75 Å².